The molecule has 0 atom stereocenters. The summed E-state index contributed by atoms with van der Waals surface area (Å²) < 4.78 is 0. The first-order valence-corrected chi connectivity index (χ1v) is 43.4. The zero-order valence-electron chi connectivity index (χ0n) is 77.1. The van der Waals surface area contributed by atoms with Crippen LogP contribution in [0.2, 0.25) is 0 Å². The first kappa shape index (κ1) is 109. The summed E-state index contributed by atoms with van der Waals surface area (Å²) in [6.45, 7) is 27.2. The van der Waals surface area contributed by atoms with Gasteiger partial charge in [0.1, 0.15) is 17.7 Å². The molecule has 0 radical (unpaired) electrons. The van der Waals surface area contributed by atoms with Gasteiger partial charge in [0.25, 0.3) is 5.82 Å². The summed E-state index contributed by atoms with van der Waals surface area (Å²) in [6.07, 6.45) is 12.5. The molecule has 0 unspecified atom stereocenters. The Balaban J connectivity index is 0.000000193. The summed E-state index contributed by atoms with van der Waals surface area (Å²) >= 11 is 0. The standard InChI is InChI=1S/C28H20N3.C23H18N3.C20H22N5O.C19H17N6O.C19H20N5O.5Pt/c1-2-9-22(10-3-1)28(27-14-5-7-18-30-27)31-20-24-12-8-11-21-15-16-23(19-25(21)24)26-13-4-6-17-29-26;1-17(22-9-2-4-13-24-22)26-16-20-8-6-7-18-11-12-19(15-21(18)20)23-10-3-5-14-25-23;1-20(2,3)18-13-17(24-25-18)15-9-6-7-14(23-15)10-12-22-19(26)16-8-4-5-11-21-16;1-19(2,12-22-18(26)14-7-4-5-10-21-14)16-9-6-8-13(23-16)15-11-17(20-3)25-24-15;1-13-11-16(24-23-13)14-8-6-9-17(22-14)19(2,3)12-21-18(25)15-7-4-5-10-20-15;;;;;/h1-18H,20H2;2-14H,16H2,1H3;4-9,11,13H,10,12H2,1-3H3,(H-,22,23,24,25,26);4-11H,12H2,1-2H3,(H-,22,23,24,25,26);4-11H,12H2,1-3H3,(H-,21,22,23,24,25);;;;;/q5*-1;;;3*+2/p-3. The second-order valence-electron chi connectivity index (χ2n) is 33.2. The molecule has 0 aliphatic carbocycles. The van der Waals surface area contributed by atoms with Crippen molar-refractivity contribution in [3.63, 3.8) is 0 Å². The Kier molecular flexibility index (Phi) is 41.9. The van der Waals surface area contributed by atoms with Crippen LogP contribution in [0, 0.1) is 25.6 Å². The number of aliphatic imine (C=N–C) groups is 2. The quantitative estimate of drug-likeness (QED) is 0.0400. The molecule has 13 aromatic heterocycles. The first-order chi connectivity index (χ1) is 65.1. The fourth-order valence-electron chi connectivity index (χ4n) is 13.7. The van der Waals surface area contributed by atoms with Gasteiger partial charge in [0.05, 0.1) is 39.9 Å². The van der Waals surface area contributed by atoms with E-state index in [0.29, 0.717) is 61.1 Å². The summed E-state index contributed by atoms with van der Waals surface area (Å²) in [5, 5.41) is 41.3. The molecule has 0 N–H and O–H groups in total. The van der Waals surface area contributed by atoms with Gasteiger partial charge in [-0.2, -0.15) is 0 Å². The van der Waals surface area contributed by atoms with Gasteiger partial charge in [-0.15, -0.1) is 66.8 Å². The number of fused-ring (bicyclic) bond motifs is 2. The Labute approximate surface area is 880 Å². The molecule has 0 saturated heterocycles. The van der Waals surface area contributed by atoms with Crippen LogP contribution >= 0.6 is 0 Å². The van der Waals surface area contributed by atoms with Crippen molar-refractivity contribution < 1.29 is 120 Å². The largest absolute Gasteiger partial charge is 2.00 e. The van der Waals surface area contributed by atoms with Gasteiger partial charge in [0, 0.05) is 167 Å². The van der Waals surface area contributed by atoms with Crippen molar-refractivity contribution >= 4 is 56.5 Å². The normalized spacial score (nSPS) is 11.0. The maximum absolute atomic E-state index is 12.2. The number of nitrogens with zero attached hydrogens (tertiary/aromatic N) is 22. The first-order valence-electron chi connectivity index (χ1n) is 43.4. The zero-order valence-corrected chi connectivity index (χ0v) is 88.5. The third-order valence-corrected chi connectivity index (χ3v) is 21.1. The van der Waals surface area contributed by atoms with Gasteiger partial charge in [-0.1, -0.05) is 257 Å². The second-order valence-corrected chi connectivity index (χ2v) is 33.2. The molecule has 30 heteroatoms. The van der Waals surface area contributed by atoms with E-state index in [1.54, 1.807) is 97.8 Å². The van der Waals surface area contributed by atoms with Gasteiger partial charge in [0.15, 0.2) is 0 Å². The number of rotatable bonds is 24. The van der Waals surface area contributed by atoms with E-state index in [-0.39, 0.29) is 141 Å². The van der Waals surface area contributed by atoms with E-state index in [2.05, 4.69) is 207 Å². The number of amides is 3. The molecule has 25 nitrogen and oxygen atoms in total. The molecule has 139 heavy (non-hydrogen) atoms. The minimum Gasteiger partial charge on any atom is -0.647 e. The van der Waals surface area contributed by atoms with Gasteiger partial charge >= 0.3 is 63.2 Å². The third kappa shape index (κ3) is 31.0. The van der Waals surface area contributed by atoms with Crippen molar-refractivity contribution in [2.24, 2.45) is 9.98 Å². The van der Waals surface area contributed by atoms with Gasteiger partial charge in [0.2, 0.25) is 0 Å². The van der Waals surface area contributed by atoms with E-state index in [1.807, 2.05) is 205 Å². The monoisotopic (exact) mass is 2730 g/mol. The SMILES string of the molecule is CC(=NCc1cccc2ccc(-c3ccccn3)[c-]c12)c1ccccn1.CC(C)(C)c1cc(-c2cccc(CC[N-]C(=O)c3ccccn3)n2)[n-]n1.Cc1cc(-c2cccc(C(C)(C)C[N-]C(=O)c3ccccn3)n2)[n-]n1.[C-]#[N+]c1cc(-c2cccc(C(C)(C)C[N-]C(=O)c3ccccn3)n2)[n-]n1.[Pt+2].[Pt+2].[Pt+2].[Pt].[Pt].[c-]1c(-c2ccccn2)ccc2cccc(CN=C(c3ccccc3)c3ccccn3)c12. The van der Waals surface area contributed by atoms with Crippen molar-refractivity contribution in [3.05, 3.63) is 448 Å². The van der Waals surface area contributed by atoms with Gasteiger partial charge in [-0.25, -0.2) is 5.10 Å². The van der Waals surface area contributed by atoms with Gasteiger partial charge in [-0.3, -0.25) is 59.8 Å². The Morgan fingerprint density at radius 2 is 0.791 bits per heavy atom. The molecular weight excluding hydrogens is 2640 g/mol. The number of carbonyl (C=O) groups excluding carboxylic acids is 3. The molecule has 0 spiro atoms. The summed E-state index contributed by atoms with van der Waals surface area (Å²) in [5.41, 5.74) is 19.4. The van der Waals surface area contributed by atoms with E-state index in [9.17, 15) is 14.4 Å². The van der Waals surface area contributed by atoms with Crippen molar-refractivity contribution in [1.29, 1.82) is 0 Å². The molecule has 3 amide bonds. The van der Waals surface area contributed by atoms with E-state index >= 15 is 0 Å². The van der Waals surface area contributed by atoms with Crippen LogP contribution in [-0.4, -0.2) is 114 Å². The van der Waals surface area contributed by atoms with Gasteiger partial charge in [-0.05, 0) is 146 Å². The van der Waals surface area contributed by atoms with Crippen LogP contribution < -0.4 is 15.3 Å². The molecule has 0 fully saturated rings. The molecule has 5 aromatic carbocycles. The number of pyridine rings is 10. The third-order valence-electron chi connectivity index (χ3n) is 21.1. The van der Waals surface area contributed by atoms with Crippen molar-refractivity contribution in [3.8, 4) is 56.7 Å². The summed E-state index contributed by atoms with van der Waals surface area (Å²) in [7, 11) is 0. The number of aromatic nitrogens is 16. The Morgan fingerprint density at radius 3 is 1.23 bits per heavy atom. The minimum absolute atomic E-state index is 0. The fourth-order valence-corrected chi connectivity index (χ4v) is 13.7. The molecule has 710 valence electrons. The van der Waals surface area contributed by atoms with Crippen LogP contribution in [0.4, 0.5) is 5.82 Å². The number of carbonyl (C=O) groups is 3. The van der Waals surface area contributed by atoms with Crippen LogP contribution in [0.15, 0.2) is 345 Å². The molecular formula is C109H94N22O3Pt5-2. The zero-order chi connectivity index (χ0) is 93.7. The van der Waals surface area contributed by atoms with Crippen LogP contribution in [0.25, 0.3) is 99.0 Å². The Bertz CT molecular complexity index is 7030. The van der Waals surface area contributed by atoms with Crippen LogP contribution in [0.5, 0.6) is 0 Å². The Hall–Kier alpha value is -13.6. The minimum atomic E-state index is -0.455. The van der Waals surface area contributed by atoms with E-state index in [1.165, 1.54) is 0 Å². The number of hydrogen-bond acceptors (Lipinski definition) is 18. The number of aryl methyl sites for hydroxylation is 1. The molecule has 0 aliphatic heterocycles. The molecule has 0 aliphatic rings. The predicted octanol–water partition coefficient (Wildman–Crippen LogP) is 21.6. The number of hydrogen-bond donors (Lipinski definition) is 0. The van der Waals surface area contributed by atoms with E-state index in [0.717, 1.165) is 135 Å². The fraction of sp³-hybridized carbons (Fsp3) is 0.165. The molecule has 18 rings (SSSR count). The topological polar surface area (TPSA) is 332 Å². The van der Waals surface area contributed by atoms with Crippen LogP contribution in [0.3, 0.4) is 0 Å². The summed E-state index contributed by atoms with van der Waals surface area (Å²) in [4.78, 5) is 93.0. The average Bonchev–Trinajstić information content (AvgIpc) is 1.75. The van der Waals surface area contributed by atoms with Crippen molar-refractivity contribution in [1.82, 2.24) is 80.4 Å². The maximum Gasteiger partial charge on any atom is 2.00 e. The van der Waals surface area contributed by atoms with Crippen LogP contribution in [0.1, 0.15) is 143 Å². The average molecular weight is 2740 g/mol. The molecule has 18 aromatic rings. The second kappa shape index (κ2) is 53.4. The van der Waals surface area contributed by atoms with Crippen LogP contribution in [-0.2, 0) is 141 Å². The smallest absolute Gasteiger partial charge is 0.647 e. The van der Waals surface area contributed by atoms with E-state index in [4.69, 9.17) is 16.6 Å². The molecule has 13 heterocycles. The van der Waals surface area contributed by atoms with Crippen molar-refractivity contribution in [2.75, 3.05) is 19.6 Å². The molecule has 0 bridgehead atoms. The number of benzene rings is 5. The summed E-state index contributed by atoms with van der Waals surface area (Å²) in [6, 6.07) is 100. The maximum atomic E-state index is 12.2. The van der Waals surface area contributed by atoms with E-state index < -0.39 is 10.8 Å². The molecule has 0 saturated carbocycles. The predicted molar refractivity (Wildman–Crippen MR) is 524 cm³/mol. The van der Waals surface area contributed by atoms with Crippen molar-refractivity contribution in [2.45, 2.75) is 98.1 Å². The van der Waals surface area contributed by atoms with Gasteiger partial charge < -0.3 is 60.7 Å². The Morgan fingerprint density at radius 1 is 0.388 bits per heavy atom. The summed E-state index contributed by atoms with van der Waals surface area (Å²) in [5.74, 6) is -0.735.